The molecule has 1 N–H and O–H groups in total. The van der Waals surface area contributed by atoms with Gasteiger partial charge in [0.25, 0.3) is 0 Å². The Morgan fingerprint density at radius 2 is 2.00 bits per heavy atom. The third kappa shape index (κ3) is 17.7. The molecule has 0 aromatic carbocycles. The zero-order valence-electron chi connectivity index (χ0n) is 5.59. The van der Waals surface area contributed by atoms with E-state index in [0.29, 0.717) is 6.42 Å². The van der Waals surface area contributed by atoms with E-state index in [1.807, 2.05) is 6.92 Å². The number of carboxylic acid groups (broad SMARTS) is 1. The van der Waals surface area contributed by atoms with Gasteiger partial charge in [0.05, 0.1) is 0 Å². The van der Waals surface area contributed by atoms with E-state index in [4.69, 9.17) is 5.11 Å². The van der Waals surface area contributed by atoms with Gasteiger partial charge in [-0.1, -0.05) is 13.3 Å². The summed E-state index contributed by atoms with van der Waals surface area (Å²) in [7, 11) is 0. The van der Waals surface area contributed by atoms with Crippen molar-refractivity contribution in [3.8, 4) is 0 Å². The molecule has 4 heteroatoms. The van der Waals surface area contributed by atoms with Crippen LogP contribution in [0.2, 0.25) is 0 Å². The summed E-state index contributed by atoms with van der Waals surface area (Å²) >= 11 is 0. The molecule has 56 valence electrons. The molecule has 0 aromatic rings. The normalized spacial score (nSPS) is 6.78. The number of rotatable bonds is 3. The second-order valence-electron chi connectivity index (χ2n) is 1.50. The number of carbonyl (C=O) groups is 1. The minimum atomic E-state index is -0.693. The maximum Gasteiger partial charge on any atom is 0.303 e. The van der Waals surface area contributed by atoms with E-state index in [1.165, 1.54) is 0 Å². The van der Waals surface area contributed by atoms with Crippen molar-refractivity contribution in [2.75, 3.05) is 0 Å². The molecule has 0 amide bonds. The molecule has 0 aliphatic carbocycles. The van der Waals surface area contributed by atoms with Crippen LogP contribution in [0.4, 0.5) is 0 Å². The number of hydrogen-bond acceptors (Lipinski definition) is 1. The van der Waals surface area contributed by atoms with Crippen molar-refractivity contribution < 1.29 is 31.0 Å². The zero-order chi connectivity index (χ0) is 5.70. The van der Waals surface area contributed by atoms with Gasteiger partial charge in [-0.25, -0.2) is 0 Å². The quantitative estimate of drug-likeness (QED) is 0.588. The van der Waals surface area contributed by atoms with Crippen molar-refractivity contribution in [1.29, 1.82) is 0 Å². The molecule has 0 saturated carbocycles. The number of unbranched alkanes of at least 4 members (excludes halogenated alkanes) is 1. The van der Waals surface area contributed by atoms with Gasteiger partial charge in [-0.05, 0) is 6.42 Å². The van der Waals surface area contributed by atoms with Crippen molar-refractivity contribution in [3.05, 3.63) is 0 Å². The predicted octanol–water partition coefficient (Wildman–Crippen LogP) is 1.32. The van der Waals surface area contributed by atoms with Gasteiger partial charge in [0.1, 0.15) is 0 Å². The summed E-state index contributed by atoms with van der Waals surface area (Å²) in [5.41, 5.74) is 0. The van der Waals surface area contributed by atoms with Crippen LogP contribution in [-0.4, -0.2) is 11.1 Å². The van der Waals surface area contributed by atoms with E-state index in [9.17, 15) is 4.79 Å². The predicted molar refractivity (Wildman–Crippen MR) is 38.3 cm³/mol. The molecule has 0 rings (SSSR count). The van der Waals surface area contributed by atoms with E-state index >= 15 is 0 Å². The first-order valence-corrected chi connectivity index (χ1v) is 2.49. The molecule has 0 saturated heterocycles. The summed E-state index contributed by atoms with van der Waals surface area (Å²) in [4.78, 5) is 9.76. The summed E-state index contributed by atoms with van der Waals surface area (Å²) in [6.07, 6.45) is 2.08. The standard InChI is InChI=1S/C5H10O2.Mo.H3P/c1-2-3-4-5(6)7;;/h2-4H2,1H3,(H,6,7);;1H3. The van der Waals surface area contributed by atoms with E-state index in [-0.39, 0.29) is 31.0 Å². The van der Waals surface area contributed by atoms with Gasteiger partial charge in [-0.3, -0.25) is 4.79 Å². The van der Waals surface area contributed by atoms with E-state index in [0.717, 1.165) is 12.8 Å². The Balaban J connectivity index is -0.000000180. The molecule has 1 atom stereocenters. The van der Waals surface area contributed by atoms with Crippen LogP contribution in [0.15, 0.2) is 0 Å². The third-order valence-corrected chi connectivity index (χ3v) is 0.744. The fourth-order valence-electron chi connectivity index (χ4n) is 0.328. The maximum atomic E-state index is 9.76. The molecule has 0 aromatic heterocycles. The van der Waals surface area contributed by atoms with Crippen molar-refractivity contribution >= 4 is 15.9 Å². The molecular weight excluding hydrogens is 219 g/mol. The van der Waals surface area contributed by atoms with Crippen molar-refractivity contribution in [2.24, 2.45) is 0 Å². The Bertz CT molecular complexity index is 68.0. The molecule has 0 fully saturated rings. The zero-order valence-corrected chi connectivity index (χ0v) is 9.01. The fraction of sp³-hybridized carbons (Fsp3) is 0.800. The third-order valence-electron chi connectivity index (χ3n) is 0.744. The number of hydrogen-bond donors (Lipinski definition) is 1. The first kappa shape index (κ1) is 16.3. The van der Waals surface area contributed by atoms with Crippen molar-refractivity contribution in [3.63, 3.8) is 0 Å². The van der Waals surface area contributed by atoms with Crippen LogP contribution in [0.1, 0.15) is 26.2 Å². The van der Waals surface area contributed by atoms with Gasteiger partial charge in [0, 0.05) is 27.5 Å². The van der Waals surface area contributed by atoms with Gasteiger partial charge >= 0.3 is 5.97 Å². The van der Waals surface area contributed by atoms with Crippen LogP contribution in [0.25, 0.3) is 0 Å². The second-order valence-corrected chi connectivity index (χ2v) is 1.50. The summed E-state index contributed by atoms with van der Waals surface area (Å²) in [5.74, 6) is -0.693. The van der Waals surface area contributed by atoms with E-state index in [1.54, 1.807) is 0 Å². The molecule has 1 unspecified atom stereocenters. The van der Waals surface area contributed by atoms with Gasteiger partial charge in [-0.2, -0.15) is 9.90 Å². The largest absolute Gasteiger partial charge is 0.481 e. The fourth-order valence-corrected chi connectivity index (χ4v) is 0.328. The minimum Gasteiger partial charge on any atom is -0.481 e. The molecule has 0 heterocycles. The van der Waals surface area contributed by atoms with Crippen LogP contribution in [-0.2, 0) is 25.9 Å². The first-order chi connectivity index (χ1) is 3.27. The van der Waals surface area contributed by atoms with E-state index in [2.05, 4.69) is 0 Å². The molecule has 0 bridgehead atoms. The summed E-state index contributed by atoms with van der Waals surface area (Å²) in [6.45, 7) is 1.98. The summed E-state index contributed by atoms with van der Waals surface area (Å²) in [6, 6.07) is 0. The SMILES string of the molecule is CCCCC(=O)O.P.[Mo]. The van der Waals surface area contributed by atoms with Crippen LogP contribution < -0.4 is 0 Å². The van der Waals surface area contributed by atoms with Crippen molar-refractivity contribution in [1.82, 2.24) is 0 Å². The van der Waals surface area contributed by atoms with Crippen molar-refractivity contribution in [2.45, 2.75) is 26.2 Å². The summed E-state index contributed by atoms with van der Waals surface area (Å²) < 4.78 is 0. The van der Waals surface area contributed by atoms with Gasteiger partial charge in [-0.15, -0.1) is 0 Å². The van der Waals surface area contributed by atoms with Crippen LogP contribution in [0.5, 0.6) is 0 Å². The second kappa shape index (κ2) is 11.4. The summed E-state index contributed by atoms with van der Waals surface area (Å²) in [5, 5.41) is 8.04. The molecular formula is C5H13MoO2P. The Kier molecular flexibility index (Phi) is 20.6. The molecule has 0 spiro atoms. The monoisotopic (exact) mass is 234 g/mol. The first-order valence-electron chi connectivity index (χ1n) is 2.49. The van der Waals surface area contributed by atoms with Crippen LogP contribution >= 0.6 is 9.90 Å². The molecule has 0 aliphatic rings. The maximum absolute atomic E-state index is 9.76. The number of aliphatic carboxylic acids is 1. The average Bonchev–Trinajstić information content (AvgIpc) is 1.61. The van der Waals surface area contributed by atoms with E-state index < -0.39 is 5.97 Å². The molecule has 0 radical (unpaired) electrons. The molecule has 0 aliphatic heterocycles. The number of carboxylic acids is 1. The molecule has 9 heavy (non-hydrogen) atoms. The van der Waals surface area contributed by atoms with Gasteiger partial charge < -0.3 is 5.11 Å². The van der Waals surface area contributed by atoms with Gasteiger partial charge in [0.2, 0.25) is 0 Å². The van der Waals surface area contributed by atoms with Crippen LogP contribution in [0.3, 0.4) is 0 Å². The Labute approximate surface area is 73.3 Å². The van der Waals surface area contributed by atoms with Crippen LogP contribution in [0, 0.1) is 0 Å². The molecule has 2 nitrogen and oxygen atoms in total. The Morgan fingerprint density at radius 1 is 1.56 bits per heavy atom. The smallest absolute Gasteiger partial charge is 0.303 e. The average molecular weight is 232 g/mol. The van der Waals surface area contributed by atoms with Gasteiger partial charge in [0.15, 0.2) is 0 Å². The Morgan fingerprint density at radius 3 is 2.11 bits per heavy atom. The Hall–Kier alpha value is 0.588. The minimum absolute atomic E-state index is 0. The topological polar surface area (TPSA) is 37.3 Å².